The van der Waals surface area contributed by atoms with E-state index in [0.29, 0.717) is 17.5 Å². The van der Waals surface area contributed by atoms with Gasteiger partial charge in [-0.05, 0) is 61.3 Å². The Morgan fingerprint density at radius 1 is 1.41 bits per heavy atom. The number of rotatable bonds is 2. The van der Waals surface area contributed by atoms with Gasteiger partial charge < -0.3 is 5.73 Å². The lowest BCUT2D eigenvalue weighted by atomic mass is 9.58. The van der Waals surface area contributed by atoms with Crippen LogP contribution in [-0.4, -0.2) is 24.0 Å². The number of nitrogens with two attached hydrogens (primary N) is 1. The predicted octanol–water partition coefficient (Wildman–Crippen LogP) is 3.07. The van der Waals surface area contributed by atoms with Crippen molar-refractivity contribution < 1.29 is 0 Å². The van der Waals surface area contributed by atoms with E-state index in [4.69, 9.17) is 5.73 Å². The van der Waals surface area contributed by atoms with Gasteiger partial charge in [-0.15, -0.1) is 0 Å². The molecule has 2 fully saturated rings. The summed E-state index contributed by atoms with van der Waals surface area (Å²) in [6.07, 6.45) is 5.09. The standard InChI is InChI=1S/C19H25N3/c1-12-16-9-14-5-6-15(10-20)18(21)17(14)19(12,2)7-8-22(16)11-13-3-4-13/h5-6,12-13,16H,3-4,7-9,11,21H2,1-2H3/t12-,16-,19-/m1/s1. The van der Waals surface area contributed by atoms with Crippen molar-refractivity contribution in [1.29, 1.82) is 5.26 Å². The van der Waals surface area contributed by atoms with Crippen LogP contribution in [0.3, 0.4) is 0 Å². The van der Waals surface area contributed by atoms with Crippen LogP contribution in [0.2, 0.25) is 0 Å². The van der Waals surface area contributed by atoms with Crippen LogP contribution in [0, 0.1) is 23.2 Å². The average molecular weight is 295 g/mol. The average Bonchev–Trinajstić information content (AvgIpc) is 3.30. The number of piperidine rings is 1. The van der Waals surface area contributed by atoms with E-state index in [1.54, 1.807) is 0 Å². The second kappa shape index (κ2) is 4.73. The molecule has 2 bridgehead atoms. The SMILES string of the molecule is C[C@@H]1[C@H]2Cc3ccc(C#N)c(N)c3[C@]1(C)CCN2CC1CC1. The van der Waals surface area contributed by atoms with Crippen molar-refractivity contribution >= 4 is 5.69 Å². The molecule has 0 spiro atoms. The zero-order chi connectivity index (χ0) is 15.5. The number of likely N-dealkylation sites (tertiary alicyclic amines) is 1. The largest absolute Gasteiger partial charge is 0.397 e. The number of anilines is 1. The zero-order valence-electron chi connectivity index (χ0n) is 13.6. The lowest BCUT2D eigenvalue weighted by Crippen LogP contribution is -2.58. The molecule has 1 aromatic rings. The fraction of sp³-hybridized carbons (Fsp3) is 0.632. The van der Waals surface area contributed by atoms with Gasteiger partial charge in [0.2, 0.25) is 0 Å². The first-order valence-electron chi connectivity index (χ1n) is 8.60. The van der Waals surface area contributed by atoms with Crippen LogP contribution in [0.25, 0.3) is 0 Å². The minimum absolute atomic E-state index is 0.120. The summed E-state index contributed by atoms with van der Waals surface area (Å²) in [6, 6.07) is 6.96. The van der Waals surface area contributed by atoms with Gasteiger partial charge in [-0.3, -0.25) is 4.90 Å². The summed E-state index contributed by atoms with van der Waals surface area (Å²) < 4.78 is 0. The highest BCUT2D eigenvalue weighted by atomic mass is 15.2. The molecule has 4 rings (SSSR count). The molecule has 3 nitrogen and oxygen atoms in total. The Balaban J connectivity index is 1.77. The maximum absolute atomic E-state index is 9.30. The summed E-state index contributed by atoms with van der Waals surface area (Å²) in [5.74, 6) is 1.55. The molecular formula is C19H25N3. The molecule has 2 N–H and O–H groups in total. The van der Waals surface area contributed by atoms with Gasteiger partial charge in [0.05, 0.1) is 11.3 Å². The first kappa shape index (κ1) is 14.1. The normalized spacial score (nSPS) is 34.0. The molecule has 1 saturated heterocycles. The van der Waals surface area contributed by atoms with Crippen LogP contribution in [0.15, 0.2) is 12.1 Å². The van der Waals surface area contributed by atoms with Crippen molar-refractivity contribution in [2.45, 2.75) is 51.0 Å². The topological polar surface area (TPSA) is 53.1 Å². The summed E-state index contributed by atoms with van der Waals surface area (Å²) in [5, 5.41) is 9.30. The van der Waals surface area contributed by atoms with Gasteiger partial charge in [0.15, 0.2) is 0 Å². The minimum atomic E-state index is 0.120. The monoisotopic (exact) mass is 295 g/mol. The van der Waals surface area contributed by atoms with Crippen molar-refractivity contribution in [1.82, 2.24) is 4.90 Å². The highest BCUT2D eigenvalue weighted by molar-refractivity contribution is 5.65. The summed E-state index contributed by atoms with van der Waals surface area (Å²) in [7, 11) is 0. The maximum atomic E-state index is 9.30. The van der Waals surface area contributed by atoms with Crippen molar-refractivity contribution in [2.24, 2.45) is 11.8 Å². The molecule has 0 unspecified atom stereocenters. The van der Waals surface area contributed by atoms with Crippen molar-refractivity contribution in [3.63, 3.8) is 0 Å². The van der Waals surface area contributed by atoms with Gasteiger partial charge in [-0.25, -0.2) is 0 Å². The summed E-state index contributed by atoms with van der Waals surface area (Å²) >= 11 is 0. The van der Waals surface area contributed by atoms with Crippen LogP contribution < -0.4 is 5.73 Å². The quantitative estimate of drug-likeness (QED) is 0.853. The van der Waals surface area contributed by atoms with Crippen molar-refractivity contribution in [3.8, 4) is 6.07 Å². The van der Waals surface area contributed by atoms with E-state index in [-0.39, 0.29) is 5.41 Å². The number of hydrogen-bond acceptors (Lipinski definition) is 3. The first-order chi connectivity index (χ1) is 10.5. The highest BCUT2D eigenvalue weighted by Gasteiger charge is 2.50. The molecule has 0 amide bonds. The molecule has 0 radical (unpaired) electrons. The third-order valence-corrected chi connectivity index (χ3v) is 6.61. The van der Waals surface area contributed by atoms with Gasteiger partial charge in [0, 0.05) is 18.0 Å². The summed E-state index contributed by atoms with van der Waals surface area (Å²) in [5.41, 5.74) is 10.5. The Morgan fingerprint density at radius 2 is 2.18 bits per heavy atom. The molecule has 116 valence electrons. The Morgan fingerprint density at radius 3 is 2.86 bits per heavy atom. The number of nitrogen functional groups attached to an aromatic ring is 1. The molecule has 0 aromatic heterocycles. The second-order valence-corrected chi connectivity index (χ2v) is 7.84. The fourth-order valence-corrected chi connectivity index (χ4v) is 4.86. The van der Waals surface area contributed by atoms with E-state index in [0.717, 1.165) is 24.4 Å². The van der Waals surface area contributed by atoms with E-state index in [1.807, 2.05) is 6.07 Å². The number of hydrogen-bond donors (Lipinski definition) is 1. The number of benzene rings is 1. The van der Waals surface area contributed by atoms with Crippen LogP contribution in [0.5, 0.6) is 0 Å². The zero-order valence-corrected chi connectivity index (χ0v) is 13.6. The van der Waals surface area contributed by atoms with E-state index < -0.39 is 0 Å². The molecule has 1 aromatic carbocycles. The van der Waals surface area contributed by atoms with Crippen LogP contribution in [0.1, 0.15) is 49.8 Å². The van der Waals surface area contributed by atoms with Gasteiger partial charge >= 0.3 is 0 Å². The van der Waals surface area contributed by atoms with E-state index >= 15 is 0 Å². The molecular weight excluding hydrogens is 270 g/mol. The number of nitrogens with zero attached hydrogens (tertiary/aromatic N) is 2. The van der Waals surface area contributed by atoms with Crippen LogP contribution >= 0.6 is 0 Å². The maximum Gasteiger partial charge on any atom is 0.101 e. The van der Waals surface area contributed by atoms with E-state index in [1.165, 1.54) is 37.1 Å². The van der Waals surface area contributed by atoms with E-state index in [2.05, 4.69) is 30.9 Å². The third-order valence-electron chi connectivity index (χ3n) is 6.61. The Kier molecular flexibility index (Phi) is 3.03. The van der Waals surface area contributed by atoms with Gasteiger partial charge in [0.1, 0.15) is 6.07 Å². The molecule has 3 aliphatic rings. The first-order valence-corrected chi connectivity index (χ1v) is 8.60. The summed E-state index contributed by atoms with van der Waals surface area (Å²) in [4.78, 5) is 2.74. The Bertz CT molecular complexity index is 655. The van der Waals surface area contributed by atoms with Crippen molar-refractivity contribution in [3.05, 3.63) is 28.8 Å². The van der Waals surface area contributed by atoms with E-state index in [9.17, 15) is 5.26 Å². The lowest BCUT2D eigenvalue weighted by Gasteiger charge is -2.55. The Hall–Kier alpha value is -1.53. The number of fused-ring (bicyclic) bond motifs is 4. The fourth-order valence-electron chi connectivity index (χ4n) is 4.86. The molecule has 3 atom stereocenters. The molecule has 1 aliphatic heterocycles. The van der Waals surface area contributed by atoms with Gasteiger partial charge in [0.25, 0.3) is 0 Å². The Labute approximate surface area is 133 Å². The lowest BCUT2D eigenvalue weighted by molar-refractivity contribution is 0.0288. The summed E-state index contributed by atoms with van der Waals surface area (Å²) in [6.45, 7) is 7.23. The van der Waals surface area contributed by atoms with Crippen LogP contribution in [-0.2, 0) is 11.8 Å². The van der Waals surface area contributed by atoms with Gasteiger partial charge in [-0.2, -0.15) is 5.26 Å². The smallest absolute Gasteiger partial charge is 0.101 e. The van der Waals surface area contributed by atoms with Crippen LogP contribution in [0.4, 0.5) is 5.69 Å². The molecule has 3 heteroatoms. The third kappa shape index (κ3) is 1.90. The predicted molar refractivity (Wildman–Crippen MR) is 88.5 cm³/mol. The van der Waals surface area contributed by atoms with Gasteiger partial charge in [-0.1, -0.05) is 19.9 Å². The molecule has 22 heavy (non-hydrogen) atoms. The molecule has 2 aliphatic carbocycles. The minimum Gasteiger partial charge on any atom is -0.397 e. The molecule has 1 heterocycles. The highest BCUT2D eigenvalue weighted by Crippen LogP contribution is 2.51. The molecule has 1 saturated carbocycles. The van der Waals surface area contributed by atoms with Crippen molar-refractivity contribution in [2.75, 3.05) is 18.8 Å². The second-order valence-electron chi connectivity index (χ2n) is 7.84. The number of nitriles is 1.